The average Bonchev–Trinajstić information content (AvgIpc) is 2.65. The molecule has 7 heteroatoms. The van der Waals surface area contributed by atoms with Crippen molar-refractivity contribution in [3.8, 4) is 6.07 Å². The molecule has 2 N–H and O–H groups in total. The number of anilines is 1. The zero-order valence-corrected chi connectivity index (χ0v) is 15.6. The zero-order chi connectivity index (χ0) is 19.3. The highest BCUT2D eigenvalue weighted by Gasteiger charge is 2.46. The summed E-state index contributed by atoms with van der Waals surface area (Å²) >= 11 is 0. The van der Waals surface area contributed by atoms with Crippen LogP contribution in [0.15, 0.2) is 64.9 Å². The van der Waals surface area contributed by atoms with Crippen molar-refractivity contribution in [2.75, 3.05) is 11.4 Å². The van der Waals surface area contributed by atoms with Crippen LogP contribution in [-0.4, -0.2) is 15.5 Å². The van der Waals surface area contributed by atoms with Crippen LogP contribution in [0.2, 0.25) is 0 Å². The molecule has 2 aliphatic heterocycles. The third-order valence-electron chi connectivity index (χ3n) is 4.87. The molecule has 2 aromatic carbocycles. The summed E-state index contributed by atoms with van der Waals surface area (Å²) in [6.07, 6.45) is 0. The molecule has 0 aromatic heterocycles. The first-order valence-electron chi connectivity index (χ1n) is 8.33. The molecule has 0 amide bonds. The Hall–Kier alpha value is -3.24. The van der Waals surface area contributed by atoms with Crippen LogP contribution in [0, 0.1) is 18.3 Å². The first kappa shape index (κ1) is 17.2. The number of allylic oxidation sites excluding steroid dienone is 2. The molecule has 136 valence electrons. The molecule has 0 radical (unpaired) electrons. The lowest BCUT2D eigenvalue weighted by Crippen LogP contribution is -2.37. The van der Waals surface area contributed by atoms with Crippen molar-refractivity contribution in [3.05, 3.63) is 81.6 Å². The third kappa shape index (κ3) is 2.41. The molecule has 0 saturated heterocycles. The van der Waals surface area contributed by atoms with Crippen molar-refractivity contribution in [2.24, 2.45) is 5.73 Å². The minimum absolute atomic E-state index is 0.0417. The smallest absolute Gasteiger partial charge is 0.264 e. The van der Waals surface area contributed by atoms with Crippen LogP contribution in [-0.2, 0) is 14.8 Å². The van der Waals surface area contributed by atoms with E-state index >= 15 is 0 Å². The summed E-state index contributed by atoms with van der Waals surface area (Å²) in [7, 11) is -2.41. The van der Waals surface area contributed by atoms with Gasteiger partial charge in [0.2, 0.25) is 5.88 Å². The number of para-hydroxylation sites is 1. The Bertz CT molecular complexity index is 1170. The number of aryl methyl sites for hydroxylation is 1. The Labute approximate surface area is 157 Å². The Morgan fingerprint density at radius 2 is 1.93 bits per heavy atom. The summed E-state index contributed by atoms with van der Waals surface area (Å²) in [6.45, 7) is 1.91. The van der Waals surface area contributed by atoms with Gasteiger partial charge in [0.25, 0.3) is 10.0 Å². The SMILES string of the molecule is Cc1cccc(C2C(C#N)=C(N)OC3=C2S(=O)(=O)N(C)c2ccccc23)c1. The Morgan fingerprint density at radius 3 is 2.63 bits per heavy atom. The van der Waals surface area contributed by atoms with Gasteiger partial charge in [-0.1, -0.05) is 42.0 Å². The van der Waals surface area contributed by atoms with Gasteiger partial charge in [-0.15, -0.1) is 0 Å². The summed E-state index contributed by atoms with van der Waals surface area (Å²) in [6, 6.07) is 16.5. The van der Waals surface area contributed by atoms with Crippen molar-refractivity contribution >= 4 is 21.5 Å². The van der Waals surface area contributed by atoms with Crippen LogP contribution >= 0.6 is 0 Å². The van der Waals surface area contributed by atoms with Gasteiger partial charge in [-0.05, 0) is 24.6 Å². The topological polar surface area (TPSA) is 96.4 Å². The van der Waals surface area contributed by atoms with E-state index in [0.29, 0.717) is 16.8 Å². The number of sulfonamides is 1. The standard InChI is InChI=1S/C20H17N3O3S/c1-12-6-5-7-13(10-12)17-15(11-21)20(22)26-18-14-8-3-4-9-16(14)23(2)27(24,25)19(17)18/h3-10,17H,22H2,1-2H3. The van der Waals surface area contributed by atoms with Crippen molar-refractivity contribution in [2.45, 2.75) is 12.8 Å². The predicted molar refractivity (Wildman–Crippen MR) is 103 cm³/mol. The molecule has 0 spiro atoms. The first-order valence-corrected chi connectivity index (χ1v) is 9.77. The van der Waals surface area contributed by atoms with Crippen LogP contribution in [0.1, 0.15) is 22.6 Å². The maximum absolute atomic E-state index is 13.4. The van der Waals surface area contributed by atoms with Crippen LogP contribution in [0.3, 0.4) is 0 Å². The molecule has 2 heterocycles. The molecular weight excluding hydrogens is 362 g/mol. The van der Waals surface area contributed by atoms with Crippen LogP contribution in [0.4, 0.5) is 5.69 Å². The van der Waals surface area contributed by atoms with Gasteiger partial charge in [0.1, 0.15) is 16.5 Å². The summed E-state index contributed by atoms with van der Waals surface area (Å²) in [5.74, 6) is -0.705. The Balaban J connectivity index is 2.09. The molecule has 1 unspecified atom stereocenters. The summed E-state index contributed by atoms with van der Waals surface area (Å²) in [4.78, 5) is 0.0417. The van der Waals surface area contributed by atoms with E-state index in [9.17, 15) is 13.7 Å². The Morgan fingerprint density at radius 1 is 1.19 bits per heavy atom. The van der Waals surface area contributed by atoms with Gasteiger partial charge in [-0.3, -0.25) is 4.31 Å². The number of nitriles is 1. The predicted octanol–water partition coefficient (Wildman–Crippen LogP) is 2.95. The number of hydrogen-bond acceptors (Lipinski definition) is 5. The number of hydrogen-bond donors (Lipinski definition) is 1. The maximum Gasteiger partial charge on any atom is 0.264 e. The van der Waals surface area contributed by atoms with Crippen molar-refractivity contribution in [3.63, 3.8) is 0 Å². The van der Waals surface area contributed by atoms with Crippen molar-refractivity contribution in [1.82, 2.24) is 0 Å². The molecule has 0 bridgehead atoms. The van der Waals surface area contributed by atoms with Gasteiger partial charge >= 0.3 is 0 Å². The lowest BCUT2D eigenvalue weighted by atomic mass is 9.87. The normalized spacial score (nSPS) is 20.5. The van der Waals surface area contributed by atoms with E-state index in [0.717, 1.165) is 5.56 Å². The second-order valence-electron chi connectivity index (χ2n) is 6.52. The number of fused-ring (bicyclic) bond motifs is 2. The molecule has 2 aliphatic rings. The lowest BCUT2D eigenvalue weighted by molar-refractivity contribution is 0.357. The summed E-state index contributed by atoms with van der Waals surface area (Å²) in [5, 5.41) is 9.69. The zero-order valence-electron chi connectivity index (χ0n) is 14.8. The van der Waals surface area contributed by atoms with Gasteiger partial charge in [0.15, 0.2) is 5.76 Å². The molecule has 4 rings (SSSR count). The van der Waals surface area contributed by atoms with Gasteiger partial charge in [0.05, 0.1) is 11.6 Å². The van der Waals surface area contributed by atoms with Crippen molar-refractivity contribution in [1.29, 1.82) is 5.26 Å². The number of nitrogens with zero attached hydrogens (tertiary/aromatic N) is 2. The van der Waals surface area contributed by atoms with Crippen LogP contribution in [0.25, 0.3) is 5.76 Å². The van der Waals surface area contributed by atoms with Crippen molar-refractivity contribution < 1.29 is 13.2 Å². The van der Waals surface area contributed by atoms with E-state index in [4.69, 9.17) is 10.5 Å². The molecule has 2 aromatic rings. The minimum Gasteiger partial charge on any atom is -0.439 e. The molecule has 0 saturated carbocycles. The van der Waals surface area contributed by atoms with Gasteiger partial charge in [-0.25, -0.2) is 8.42 Å². The summed E-state index contributed by atoms with van der Waals surface area (Å²) < 4.78 is 33.6. The van der Waals surface area contributed by atoms with E-state index < -0.39 is 15.9 Å². The van der Waals surface area contributed by atoms with Gasteiger partial charge in [0, 0.05) is 12.6 Å². The minimum atomic E-state index is -3.91. The van der Waals surface area contributed by atoms with E-state index in [1.807, 2.05) is 31.2 Å². The van der Waals surface area contributed by atoms with E-state index in [1.165, 1.54) is 11.4 Å². The molecule has 1 atom stereocenters. The van der Waals surface area contributed by atoms with E-state index in [1.54, 1.807) is 30.3 Å². The number of benzene rings is 2. The number of nitrogens with two attached hydrogens (primary N) is 1. The fourth-order valence-corrected chi connectivity index (χ4v) is 5.23. The quantitative estimate of drug-likeness (QED) is 0.822. The second-order valence-corrected chi connectivity index (χ2v) is 8.46. The number of ether oxygens (including phenoxy) is 1. The molecular formula is C20H17N3O3S. The average molecular weight is 379 g/mol. The highest BCUT2D eigenvalue weighted by molar-refractivity contribution is 7.96. The van der Waals surface area contributed by atoms with E-state index in [-0.39, 0.29) is 22.1 Å². The summed E-state index contributed by atoms with van der Waals surface area (Å²) in [5.41, 5.74) is 8.90. The second kappa shape index (κ2) is 5.89. The first-order chi connectivity index (χ1) is 12.9. The Kier molecular flexibility index (Phi) is 3.75. The maximum atomic E-state index is 13.4. The van der Waals surface area contributed by atoms with Gasteiger partial charge in [-0.2, -0.15) is 5.26 Å². The van der Waals surface area contributed by atoms with Crippen LogP contribution < -0.4 is 10.0 Å². The fraction of sp³-hybridized carbons (Fsp3) is 0.150. The fourth-order valence-electron chi connectivity index (χ4n) is 3.58. The van der Waals surface area contributed by atoms with E-state index in [2.05, 4.69) is 0 Å². The molecule has 0 fully saturated rings. The molecule has 0 aliphatic carbocycles. The largest absolute Gasteiger partial charge is 0.439 e. The highest BCUT2D eigenvalue weighted by Crippen LogP contribution is 2.50. The molecule has 27 heavy (non-hydrogen) atoms. The monoisotopic (exact) mass is 379 g/mol. The highest BCUT2D eigenvalue weighted by atomic mass is 32.2. The van der Waals surface area contributed by atoms with Gasteiger partial charge < -0.3 is 10.5 Å². The number of rotatable bonds is 1. The van der Waals surface area contributed by atoms with Crippen LogP contribution in [0.5, 0.6) is 0 Å². The molecule has 6 nitrogen and oxygen atoms in total. The third-order valence-corrected chi connectivity index (χ3v) is 6.77. The lowest BCUT2D eigenvalue weighted by Gasteiger charge is -2.36.